The van der Waals surface area contributed by atoms with E-state index in [9.17, 15) is 4.79 Å². The third-order valence-electron chi connectivity index (χ3n) is 3.51. The topological polar surface area (TPSA) is 62.2 Å². The molecule has 1 atom stereocenters. The van der Waals surface area contributed by atoms with Gasteiger partial charge in [-0.25, -0.2) is 0 Å². The Labute approximate surface area is 114 Å². The molecule has 6 heteroatoms. The van der Waals surface area contributed by atoms with E-state index in [4.69, 9.17) is 0 Å². The van der Waals surface area contributed by atoms with Crippen molar-refractivity contribution < 1.29 is 4.79 Å². The minimum Gasteiger partial charge on any atom is -0.358 e. The third kappa shape index (κ3) is 3.33. The van der Waals surface area contributed by atoms with E-state index in [0.29, 0.717) is 6.54 Å². The first-order valence-electron chi connectivity index (χ1n) is 6.93. The molecule has 0 spiro atoms. The predicted octanol–water partition coefficient (Wildman–Crippen LogP) is -0.187. The molecule has 1 fully saturated rings. The van der Waals surface area contributed by atoms with Crippen LogP contribution in [0.5, 0.6) is 0 Å². The number of likely N-dealkylation sites (N-methyl/N-ethyl adjacent to an activating group) is 1. The van der Waals surface area contributed by atoms with Gasteiger partial charge in [0.1, 0.15) is 6.04 Å². The van der Waals surface area contributed by atoms with Crippen LogP contribution in [0, 0.1) is 0 Å². The van der Waals surface area contributed by atoms with Gasteiger partial charge < -0.3 is 10.6 Å². The van der Waals surface area contributed by atoms with Crippen molar-refractivity contribution in [2.45, 2.75) is 32.5 Å². The maximum atomic E-state index is 11.9. The summed E-state index contributed by atoms with van der Waals surface area (Å²) in [6.07, 6.45) is 2.90. The molecule has 1 aliphatic heterocycles. The highest BCUT2D eigenvalue weighted by Gasteiger charge is 2.28. The van der Waals surface area contributed by atoms with E-state index in [0.717, 1.165) is 32.6 Å². The Kier molecular flexibility index (Phi) is 4.93. The second-order valence-corrected chi connectivity index (χ2v) is 4.85. The van der Waals surface area contributed by atoms with Crippen LogP contribution < -0.4 is 10.6 Å². The quantitative estimate of drug-likeness (QED) is 0.775. The lowest BCUT2D eigenvalue weighted by atomic mass is 10.1. The Balaban J connectivity index is 2.06. The van der Waals surface area contributed by atoms with Gasteiger partial charge in [-0.2, -0.15) is 5.10 Å². The summed E-state index contributed by atoms with van der Waals surface area (Å²) in [6, 6.07) is 1.95. The fourth-order valence-electron chi connectivity index (χ4n) is 2.48. The Bertz CT molecular complexity index is 417. The lowest BCUT2D eigenvalue weighted by Gasteiger charge is -2.34. The summed E-state index contributed by atoms with van der Waals surface area (Å²) in [5, 5.41) is 10.4. The highest BCUT2D eigenvalue weighted by molar-refractivity contribution is 5.81. The fraction of sp³-hybridized carbons (Fsp3) is 0.692. The van der Waals surface area contributed by atoms with Crippen LogP contribution in [0.1, 0.15) is 19.0 Å². The molecule has 2 rings (SSSR count). The van der Waals surface area contributed by atoms with Crippen molar-refractivity contribution in [1.82, 2.24) is 25.3 Å². The van der Waals surface area contributed by atoms with Crippen LogP contribution in [0.15, 0.2) is 12.3 Å². The molecule has 106 valence electrons. The van der Waals surface area contributed by atoms with Crippen LogP contribution in [0.4, 0.5) is 0 Å². The second-order valence-electron chi connectivity index (χ2n) is 4.85. The number of carbonyl (C=O) groups excluding carboxylic acids is 1. The standard InChI is InChI=1S/C13H23N5O/c1-3-7-18-11(4-5-16-18)10-17-8-6-15-9-12(17)13(19)14-2/h4-5,12,15H,3,6-10H2,1-2H3,(H,14,19). The molecule has 0 bridgehead atoms. The summed E-state index contributed by atoms with van der Waals surface area (Å²) in [5.41, 5.74) is 1.18. The highest BCUT2D eigenvalue weighted by atomic mass is 16.2. The molecule has 2 N–H and O–H groups in total. The Morgan fingerprint density at radius 1 is 1.63 bits per heavy atom. The molecule has 0 saturated carbocycles. The van der Waals surface area contributed by atoms with E-state index in [1.807, 2.05) is 16.9 Å². The van der Waals surface area contributed by atoms with E-state index >= 15 is 0 Å². The first-order chi connectivity index (χ1) is 9.26. The zero-order chi connectivity index (χ0) is 13.7. The van der Waals surface area contributed by atoms with Crippen molar-refractivity contribution in [3.05, 3.63) is 18.0 Å². The van der Waals surface area contributed by atoms with Crippen LogP contribution in [-0.4, -0.2) is 53.3 Å². The van der Waals surface area contributed by atoms with E-state index in [1.165, 1.54) is 5.69 Å². The summed E-state index contributed by atoms with van der Waals surface area (Å²) < 4.78 is 2.03. The molecule has 1 aromatic rings. The summed E-state index contributed by atoms with van der Waals surface area (Å²) >= 11 is 0. The molecule has 1 aromatic heterocycles. The number of hydrogen-bond acceptors (Lipinski definition) is 4. The summed E-state index contributed by atoms with van der Waals surface area (Å²) in [7, 11) is 1.69. The number of aromatic nitrogens is 2. The van der Waals surface area contributed by atoms with Gasteiger partial charge in [-0.3, -0.25) is 14.4 Å². The zero-order valence-corrected chi connectivity index (χ0v) is 11.7. The molecule has 6 nitrogen and oxygen atoms in total. The van der Waals surface area contributed by atoms with Gasteiger partial charge in [-0.1, -0.05) is 6.92 Å². The number of nitrogens with one attached hydrogen (secondary N) is 2. The maximum absolute atomic E-state index is 11.9. The largest absolute Gasteiger partial charge is 0.358 e. The second kappa shape index (κ2) is 6.68. The zero-order valence-electron chi connectivity index (χ0n) is 11.7. The van der Waals surface area contributed by atoms with Crippen LogP contribution in [-0.2, 0) is 17.9 Å². The van der Waals surface area contributed by atoms with Crippen molar-refractivity contribution in [3.8, 4) is 0 Å². The molecular weight excluding hydrogens is 242 g/mol. The first-order valence-corrected chi connectivity index (χ1v) is 6.93. The Morgan fingerprint density at radius 2 is 2.47 bits per heavy atom. The first kappa shape index (κ1) is 14.0. The molecule has 0 aromatic carbocycles. The number of nitrogens with zero attached hydrogens (tertiary/aromatic N) is 3. The smallest absolute Gasteiger partial charge is 0.238 e. The van der Waals surface area contributed by atoms with E-state index in [2.05, 4.69) is 27.6 Å². The molecule has 2 heterocycles. The van der Waals surface area contributed by atoms with E-state index in [-0.39, 0.29) is 11.9 Å². The van der Waals surface area contributed by atoms with Gasteiger partial charge in [-0.05, 0) is 12.5 Å². The van der Waals surface area contributed by atoms with Crippen molar-refractivity contribution in [1.29, 1.82) is 0 Å². The lowest BCUT2D eigenvalue weighted by molar-refractivity contribution is -0.126. The maximum Gasteiger partial charge on any atom is 0.238 e. The van der Waals surface area contributed by atoms with Gasteiger partial charge >= 0.3 is 0 Å². The van der Waals surface area contributed by atoms with Gasteiger partial charge in [0, 0.05) is 46.0 Å². The minimum atomic E-state index is -0.0938. The Hall–Kier alpha value is -1.40. The summed E-state index contributed by atoms with van der Waals surface area (Å²) in [6.45, 7) is 6.37. The molecule has 1 aliphatic rings. The minimum absolute atomic E-state index is 0.0776. The van der Waals surface area contributed by atoms with Crippen molar-refractivity contribution in [3.63, 3.8) is 0 Å². The molecule has 1 saturated heterocycles. The molecule has 1 unspecified atom stereocenters. The van der Waals surface area contributed by atoms with Crippen LogP contribution >= 0.6 is 0 Å². The average molecular weight is 265 g/mol. The number of carbonyl (C=O) groups is 1. The SMILES string of the molecule is CCCn1nccc1CN1CCNCC1C(=O)NC. The van der Waals surface area contributed by atoms with Crippen molar-refractivity contribution in [2.75, 3.05) is 26.7 Å². The summed E-state index contributed by atoms with van der Waals surface area (Å²) in [4.78, 5) is 14.1. The molecule has 0 radical (unpaired) electrons. The number of hydrogen-bond donors (Lipinski definition) is 2. The van der Waals surface area contributed by atoms with Crippen molar-refractivity contribution >= 4 is 5.91 Å². The van der Waals surface area contributed by atoms with Crippen LogP contribution in [0.2, 0.25) is 0 Å². The molecule has 19 heavy (non-hydrogen) atoms. The van der Waals surface area contributed by atoms with Gasteiger partial charge in [0.15, 0.2) is 0 Å². The average Bonchev–Trinajstić information content (AvgIpc) is 2.86. The van der Waals surface area contributed by atoms with Gasteiger partial charge in [0.05, 0.1) is 5.69 Å². The Morgan fingerprint density at radius 3 is 3.21 bits per heavy atom. The molecular formula is C13H23N5O. The third-order valence-corrected chi connectivity index (χ3v) is 3.51. The van der Waals surface area contributed by atoms with E-state index in [1.54, 1.807) is 7.05 Å². The van der Waals surface area contributed by atoms with Crippen LogP contribution in [0.25, 0.3) is 0 Å². The predicted molar refractivity (Wildman–Crippen MR) is 73.7 cm³/mol. The lowest BCUT2D eigenvalue weighted by Crippen LogP contribution is -2.57. The molecule has 0 aliphatic carbocycles. The van der Waals surface area contributed by atoms with Crippen molar-refractivity contribution in [2.24, 2.45) is 0 Å². The monoisotopic (exact) mass is 265 g/mol. The normalized spacial score (nSPS) is 20.4. The fourth-order valence-corrected chi connectivity index (χ4v) is 2.48. The molecule has 1 amide bonds. The highest BCUT2D eigenvalue weighted by Crippen LogP contribution is 2.11. The van der Waals surface area contributed by atoms with Gasteiger partial charge in [0.25, 0.3) is 0 Å². The number of aryl methyl sites for hydroxylation is 1. The van der Waals surface area contributed by atoms with Gasteiger partial charge in [0.2, 0.25) is 5.91 Å². The number of piperazine rings is 1. The number of rotatable bonds is 5. The van der Waals surface area contributed by atoms with E-state index < -0.39 is 0 Å². The van der Waals surface area contributed by atoms with Crippen LogP contribution in [0.3, 0.4) is 0 Å². The van der Waals surface area contributed by atoms with Gasteiger partial charge in [-0.15, -0.1) is 0 Å². The number of amides is 1. The summed E-state index contributed by atoms with van der Waals surface area (Å²) in [5.74, 6) is 0.0776.